The van der Waals surface area contributed by atoms with Gasteiger partial charge in [-0.05, 0) is 23.8 Å². The molecule has 0 aromatic heterocycles. The average Bonchev–Trinajstić information content (AvgIpc) is 2.38. The Kier molecular flexibility index (Phi) is 3.78. The van der Waals surface area contributed by atoms with Gasteiger partial charge in [0.25, 0.3) is 0 Å². The Balaban J connectivity index is 2.17. The average molecular weight is 241 g/mol. The molecule has 2 heteroatoms. The van der Waals surface area contributed by atoms with Gasteiger partial charge in [0.05, 0.1) is 0 Å². The van der Waals surface area contributed by atoms with Crippen LogP contribution in [0.2, 0.25) is 0 Å². The third-order valence-electron chi connectivity index (χ3n) is 2.77. The molecule has 1 nitrogen and oxygen atoms in total. The van der Waals surface area contributed by atoms with E-state index in [9.17, 15) is 4.39 Å². The van der Waals surface area contributed by atoms with E-state index in [1.54, 1.807) is 18.2 Å². The molecule has 0 fully saturated rings. The quantitative estimate of drug-likeness (QED) is 0.732. The van der Waals surface area contributed by atoms with Gasteiger partial charge in [0, 0.05) is 25.3 Å². The van der Waals surface area contributed by atoms with E-state index >= 15 is 0 Å². The second kappa shape index (κ2) is 5.50. The van der Waals surface area contributed by atoms with E-state index in [4.69, 9.17) is 0 Å². The van der Waals surface area contributed by atoms with Gasteiger partial charge >= 0.3 is 0 Å². The molecule has 0 atom stereocenters. The van der Waals surface area contributed by atoms with Gasteiger partial charge in [-0.3, -0.25) is 0 Å². The molecule has 0 saturated heterocycles. The minimum absolute atomic E-state index is 0.196. The molecule has 0 aliphatic heterocycles. The Hall–Kier alpha value is -2.09. The fourth-order valence-corrected chi connectivity index (χ4v) is 1.68. The van der Waals surface area contributed by atoms with Gasteiger partial charge in [-0.25, -0.2) is 4.39 Å². The lowest BCUT2D eigenvalue weighted by Gasteiger charge is -2.11. The molecular weight excluding hydrogens is 225 g/mol. The molecule has 0 aliphatic rings. The Labute approximate surface area is 107 Å². The number of halogens is 1. The van der Waals surface area contributed by atoms with Crippen molar-refractivity contribution in [2.24, 2.45) is 0 Å². The topological polar surface area (TPSA) is 3.24 Å². The van der Waals surface area contributed by atoms with Crippen molar-refractivity contribution in [1.29, 1.82) is 0 Å². The van der Waals surface area contributed by atoms with Crippen LogP contribution in [-0.4, -0.2) is 14.1 Å². The fourth-order valence-electron chi connectivity index (χ4n) is 1.68. The van der Waals surface area contributed by atoms with E-state index in [1.165, 1.54) is 6.07 Å². The Morgan fingerprint density at radius 3 is 2.17 bits per heavy atom. The van der Waals surface area contributed by atoms with Crippen LogP contribution in [0.15, 0.2) is 48.5 Å². The smallest absolute Gasteiger partial charge is 0.130 e. The third-order valence-corrected chi connectivity index (χ3v) is 2.77. The first-order valence-corrected chi connectivity index (χ1v) is 5.87. The molecule has 18 heavy (non-hydrogen) atoms. The number of anilines is 1. The van der Waals surface area contributed by atoms with Gasteiger partial charge in [0.1, 0.15) is 5.82 Å². The van der Waals surface area contributed by atoms with Gasteiger partial charge in [-0.1, -0.05) is 42.5 Å². The number of nitrogens with zero attached hydrogens (tertiary/aromatic N) is 1. The molecule has 0 heterocycles. The minimum Gasteiger partial charge on any atom is -0.378 e. The zero-order valence-corrected chi connectivity index (χ0v) is 10.6. The number of hydrogen-bond donors (Lipinski definition) is 0. The van der Waals surface area contributed by atoms with Crippen LogP contribution in [0, 0.1) is 5.82 Å². The van der Waals surface area contributed by atoms with E-state index < -0.39 is 0 Å². The van der Waals surface area contributed by atoms with Crippen LogP contribution < -0.4 is 4.90 Å². The maximum Gasteiger partial charge on any atom is 0.130 e. The zero-order chi connectivity index (χ0) is 13.0. The summed E-state index contributed by atoms with van der Waals surface area (Å²) in [6.45, 7) is 0. The highest BCUT2D eigenvalue weighted by Crippen LogP contribution is 2.15. The summed E-state index contributed by atoms with van der Waals surface area (Å²) in [6, 6.07) is 14.9. The van der Waals surface area contributed by atoms with Gasteiger partial charge in [-0.15, -0.1) is 0 Å². The largest absolute Gasteiger partial charge is 0.378 e. The molecule has 0 unspecified atom stereocenters. The summed E-state index contributed by atoms with van der Waals surface area (Å²) in [4.78, 5) is 2.05. The van der Waals surface area contributed by atoms with Crippen molar-refractivity contribution in [2.75, 3.05) is 19.0 Å². The molecule has 0 radical (unpaired) electrons. The van der Waals surface area contributed by atoms with Gasteiger partial charge in [-0.2, -0.15) is 0 Å². The van der Waals surface area contributed by atoms with Crippen LogP contribution in [0.25, 0.3) is 12.2 Å². The summed E-state index contributed by atoms with van der Waals surface area (Å²) in [6.07, 6.45) is 3.71. The van der Waals surface area contributed by atoms with E-state index in [0.29, 0.717) is 5.56 Å². The van der Waals surface area contributed by atoms with E-state index in [-0.39, 0.29) is 5.82 Å². The maximum absolute atomic E-state index is 13.4. The molecule has 2 rings (SSSR count). The van der Waals surface area contributed by atoms with Gasteiger partial charge < -0.3 is 4.90 Å². The Morgan fingerprint density at radius 1 is 0.889 bits per heavy atom. The second-order valence-electron chi connectivity index (χ2n) is 4.34. The molecule has 0 bridgehead atoms. The summed E-state index contributed by atoms with van der Waals surface area (Å²) in [5.74, 6) is -0.196. The van der Waals surface area contributed by atoms with Crippen molar-refractivity contribution < 1.29 is 4.39 Å². The predicted octanol–water partition coefficient (Wildman–Crippen LogP) is 4.06. The molecule has 0 spiro atoms. The highest BCUT2D eigenvalue weighted by molar-refractivity contribution is 5.70. The lowest BCUT2D eigenvalue weighted by molar-refractivity contribution is 0.625. The summed E-state index contributed by atoms with van der Waals surface area (Å²) in [5.41, 5.74) is 2.82. The van der Waals surface area contributed by atoms with E-state index in [1.807, 2.05) is 55.4 Å². The van der Waals surface area contributed by atoms with Crippen molar-refractivity contribution in [3.8, 4) is 0 Å². The van der Waals surface area contributed by atoms with Crippen LogP contribution >= 0.6 is 0 Å². The molecule has 0 amide bonds. The van der Waals surface area contributed by atoms with Gasteiger partial charge in [0.2, 0.25) is 0 Å². The maximum atomic E-state index is 13.4. The summed E-state index contributed by atoms with van der Waals surface area (Å²) >= 11 is 0. The first-order chi connectivity index (χ1) is 8.66. The predicted molar refractivity (Wildman–Crippen MR) is 76.1 cm³/mol. The van der Waals surface area contributed by atoms with Crippen LogP contribution in [0.3, 0.4) is 0 Å². The summed E-state index contributed by atoms with van der Waals surface area (Å²) in [7, 11) is 4.01. The molecule has 92 valence electrons. The zero-order valence-electron chi connectivity index (χ0n) is 10.6. The Morgan fingerprint density at radius 2 is 1.56 bits per heavy atom. The molecule has 0 N–H and O–H groups in total. The SMILES string of the molecule is CN(C)c1ccc(/C=C/c2ccccc2F)cc1. The molecular formula is C16H16FN. The Bertz CT molecular complexity index is 541. The summed E-state index contributed by atoms with van der Waals surface area (Å²) in [5, 5.41) is 0. The van der Waals surface area contributed by atoms with Crippen molar-refractivity contribution in [3.05, 3.63) is 65.5 Å². The number of hydrogen-bond acceptors (Lipinski definition) is 1. The molecule has 0 saturated carbocycles. The number of benzene rings is 2. The van der Waals surface area contributed by atoms with Crippen LogP contribution in [0.4, 0.5) is 10.1 Å². The van der Waals surface area contributed by atoms with Crippen molar-refractivity contribution in [3.63, 3.8) is 0 Å². The van der Waals surface area contributed by atoms with Crippen molar-refractivity contribution in [1.82, 2.24) is 0 Å². The second-order valence-corrected chi connectivity index (χ2v) is 4.34. The molecule has 0 aliphatic carbocycles. The lowest BCUT2D eigenvalue weighted by atomic mass is 10.1. The van der Waals surface area contributed by atoms with Crippen LogP contribution in [-0.2, 0) is 0 Å². The standard InChI is InChI=1S/C16H16FN/c1-18(2)15-11-8-13(9-12-15)7-10-14-5-3-4-6-16(14)17/h3-12H,1-2H3/b10-7+. The van der Waals surface area contributed by atoms with E-state index in [2.05, 4.69) is 0 Å². The fraction of sp³-hybridized carbons (Fsp3) is 0.125. The lowest BCUT2D eigenvalue weighted by Crippen LogP contribution is -2.07. The first-order valence-electron chi connectivity index (χ1n) is 5.87. The van der Waals surface area contributed by atoms with Crippen LogP contribution in [0.1, 0.15) is 11.1 Å². The highest BCUT2D eigenvalue weighted by Gasteiger charge is 1.96. The number of rotatable bonds is 3. The monoisotopic (exact) mass is 241 g/mol. The normalized spacial score (nSPS) is 10.8. The van der Waals surface area contributed by atoms with Crippen LogP contribution in [0.5, 0.6) is 0 Å². The minimum atomic E-state index is -0.196. The highest BCUT2D eigenvalue weighted by atomic mass is 19.1. The van der Waals surface area contributed by atoms with Crippen molar-refractivity contribution in [2.45, 2.75) is 0 Å². The molecule has 2 aromatic rings. The molecule has 2 aromatic carbocycles. The van der Waals surface area contributed by atoms with Crippen molar-refractivity contribution >= 4 is 17.8 Å². The van der Waals surface area contributed by atoms with Gasteiger partial charge in [0.15, 0.2) is 0 Å². The first kappa shape index (κ1) is 12.4. The third kappa shape index (κ3) is 2.98. The van der Waals surface area contributed by atoms with E-state index in [0.717, 1.165) is 11.3 Å². The summed E-state index contributed by atoms with van der Waals surface area (Å²) < 4.78 is 13.4.